The van der Waals surface area contributed by atoms with Crippen LogP contribution in [0.2, 0.25) is 0 Å². The molecule has 1 aliphatic carbocycles. The summed E-state index contributed by atoms with van der Waals surface area (Å²) in [6.45, 7) is 3.41. The molecule has 1 rings (SSSR count). The molecule has 0 aromatic rings. The molecule has 1 fully saturated rings. The van der Waals surface area contributed by atoms with Crippen molar-refractivity contribution < 1.29 is 4.74 Å². The van der Waals surface area contributed by atoms with Gasteiger partial charge in [-0.3, -0.25) is 0 Å². The fourth-order valence-corrected chi connectivity index (χ4v) is 1.85. The Kier molecular flexibility index (Phi) is 7.04. The summed E-state index contributed by atoms with van der Waals surface area (Å²) < 4.78 is 5.37. The lowest BCUT2D eigenvalue weighted by Gasteiger charge is -2.15. The van der Waals surface area contributed by atoms with Gasteiger partial charge in [0.1, 0.15) is 6.61 Å². The van der Waals surface area contributed by atoms with E-state index in [4.69, 9.17) is 4.74 Å². The largest absolute Gasteiger partial charge is 0.365 e. The molecule has 0 aromatic carbocycles. The Morgan fingerprint density at radius 3 is 2.73 bits per heavy atom. The molecule has 0 heterocycles. The molecule has 0 radical (unpaired) electrons. The van der Waals surface area contributed by atoms with Crippen LogP contribution in [0.4, 0.5) is 0 Å². The zero-order valence-corrected chi connectivity index (χ0v) is 9.80. The summed E-state index contributed by atoms with van der Waals surface area (Å²) in [5, 5.41) is 0. The maximum atomic E-state index is 5.37. The Morgan fingerprint density at radius 2 is 2.00 bits per heavy atom. The molecule has 0 aromatic heterocycles. The van der Waals surface area contributed by atoms with Crippen molar-refractivity contribution in [1.82, 2.24) is 0 Å². The second-order valence-electron chi connectivity index (χ2n) is 4.05. The minimum atomic E-state index is 0.588. The summed E-state index contributed by atoms with van der Waals surface area (Å²) in [6, 6.07) is 0. The van der Waals surface area contributed by atoms with Gasteiger partial charge in [-0.1, -0.05) is 50.2 Å². The van der Waals surface area contributed by atoms with Crippen molar-refractivity contribution in [3.05, 3.63) is 12.2 Å². The number of ether oxygens (including phenoxy) is 1. The Balaban J connectivity index is 2.02. The fourth-order valence-electron chi connectivity index (χ4n) is 1.85. The van der Waals surface area contributed by atoms with Crippen molar-refractivity contribution in [1.29, 1.82) is 0 Å². The van der Waals surface area contributed by atoms with Crippen LogP contribution in [0.3, 0.4) is 0 Å². The zero-order chi connectivity index (χ0) is 10.8. The molecule has 15 heavy (non-hydrogen) atoms. The third kappa shape index (κ3) is 6.36. The van der Waals surface area contributed by atoms with Gasteiger partial charge in [-0.05, 0) is 19.3 Å². The van der Waals surface area contributed by atoms with Gasteiger partial charge in [0.05, 0.1) is 6.61 Å². The van der Waals surface area contributed by atoms with Crippen LogP contribution in [0.15, 0.2) is 12.2 Å². The van der Waals surface area contributed by atoms with Crippen LogP contribution in [-0.2, 0) is 4.74 Å². The first kappa shape index (κ1) is 12.3. The topological polar surface area (TPSA) is 9.23 Å². The smallest absolute Gasteiger partial charge is 0.108 e. The second kappa shape index (κ2) is 8.56. The molecule has 0 spiro atoms. The molecule has 0 unspecified atom stereocenters. The number of allylic oxidation sites excluding steroid dienone is 1. The van der Waals surface area contributed by atoms with Crippen LogP contribution in [0.25, 0.3) is 0 Å². The van der Waals surface area contributed by atoms with Gasteiger partial charge in [0.15, 0.2) is 0 Å². The zero-order valence-electron chi connectivity index (χ0n) is 9.80. The van der Waals surface area contributed by atoms with Gasteiger partial charge < -0.3 is 4.74 Å². The third-order valence-corrected chi connectivity index (χ3v) is 2.70. The summed E-state index contributed by atoms with van der Waals surface area (Å²) in [6.07, 6.45) is 12.0. The van der Waals surface area contributed by atoms with E-state index in [-0.39, 0.29) is 0 Å². The van der Waals surface area contributed by atoms with E-state index in [0.29, 0.717) is 19.1 Å². The maximum Gasteiger partial charge on any atom is 0.108 e. The molecule has 0 atom stereocenters. The Labute approximate surface area is 93.9 Å². The molecule has 0 amide bonds. The van der Waals surface area contributed by atoms with Crippen molar-refractivity contribution >= 4 is 0 Å². The lowest BCUT2D eigenvalue weighted by atomic mass is 9.90. The molecule has 84 valence electrons. The summed E-state index contributed by atoms with van der Waals surface area (Å²) in [5.41, 5.74) is 0. The normalized spacial score (nSPS) is 17.7. The first-order chi connectivity index (χ1) is 7.43. The van der Waals surface area contributed by atoms with Crippen LogP contribution >= 0.6 is 0 Å². The number of rotatable bonds is 4. The molecular weight excluding hydrogens is 184 g/mol. The van der Waals surface area contributed by atoms with Crippen molar-refractivity contribution in [3.8, 4) is 11.8 Å². The van der Waals surface area contributed by atoms with Gasteiger partial charge in [-0.25, -0.2) is 0 Å². The van der Waals surface area contributed by atoms with E-state index in [1.807, 2.05) is 0 Å². The van der Waals surface area contributed by atoms with Gasteiger partial charge >= 0.3 is 0 Å². The van der Waals surface area contributed by atoms with E-state index < -0.39 is 0 Å². The Morgan fingerprint density at radius 1 is 1.20 bits per heavy atom. The molecule has 0 bridgehead atoms. The third-order valence-electron chi connectivity index (χ3n) is 2.70. The van der Waals surface area contributed by atoms with E-state index >= 15 is 0 Å². The van der Waals surface area contributed by atoms with Gasteiger partial charge in [0.2, 0.25) is 0 Å². The predicted octanol–water partition coefficient (Wildman–Crippen LogP) is 3.55. The summed E-state index contributed by atoms with van der Waals surface area (Å²) >= 11 is 0. The van der Waals surface area contributed by atoms with Crippen molar-refractivity contribution in [3.63, 3.8) is 0 Å². The minimum absolute atomic E-state index is 0.588. The lowest BCUT2D eigenvalue weighted by Crippen LogP contribution is -2.03. The summed E-state index contributed by atoms with van der Waals surface area (Å²) in [7, 11) is 0. The first-order valence-electron chi connectivity index (χ1n) is 6.14. The van der Waals surface area contributed by atoms with Gasteiger partial charge in [-0.15, -0.1) is 0 Å². The maximum absolute atomic E-state index is 5.37. The monoisotopic (exact) mass is 206 g/mol. The summed E-state index contributed by atoms with van der Waals surface area (Å²) in [4.78, 5) is 0. The fraction of sp³-hybridized carbons (Fsp3) is 0.714. The predicted molar refractivity (Wildman–Crippen MR) is 64.6 cm³/mol. The van der Waals surface area contributed by atoms with Crippen LogP contribution < -0.4 is 0 Å². The molecule has 1 aliphatic rings. The van der Waals surface area contributed by atoms with Crippen LogP contribution in [-0.4, -0.2) is 13.2 Å². The summed E-state index contributed by atoms with van der Waals surface area (Å²) in [5.74, 6) is 7.09. The van der Waals surface area contributed by atoms with Crippen LogP contribution in [0, 0.1) is 17.8 Å². The van der Waals surface area contributed by atoms with E-state index in [1.54, 1.807) is 0 Å². The van der Waals surface area contributed by atoms with E-state index in [0.717, 1.165) is 6.42 Å². The molecule has 1 nitrogen and oxygen atoms in total. The first-order valence-corrected chi connectivity index (χ1v) is 6.14. The van der Waals surface area contributed by atoms with Gasteiger partial charge in [0, 0.05) is 5.92 Å². The lowest BCUT2D eigenvalue weighted by molar-refractivity contribution is 0.199. The molecule has 0 saturated heterocycles. The quantitative estimate of drug-likeness (QED) is 0.388. The average Bonchev–Trinajstić information content (AvgIpc) is 2.29. The SMILES string of the molecule is CC/C=C\COCC#CC1CCCCC1. The van der Waals surface area contributed by atoms with Crippen molar-refractivity contribution in [2.75, 3.05) is 13.2 Å². The van der Waals surface area contributed by atoms with Gasteiger partial charge in [-0.2, -0.15) is 0 Å². The average molecular weight is 206 g/mol. The molecule has 0 N–H and O–H groups in total. The standard InChI is InChI=1S/C14H22O/c1-2-3-7-12-15-13-8-11-14-9-5-4-6-10-14/h3,7,14H,2,4-6,9-10,12-13H2,1H3/b7-3-. The Bertz CT molecular complexity index is 225. The second-order valence-corrected chi connectivity index (χ2v) is 4.05. The van der Waals surface area contributed by atoms with Crippen molar-refractivity contribution in [2.24, 2.45) is 5.92 Å². The highest BCUT2D eigenvalue weighted by Crippen LogP contribution is 2.22. The molecular formula is C14H22O. The highest BCUT2D eigenvalue weighted by molar-refractivity contribution is 5.04. The van der Waals surface area contributed by atoms with E-state index in [9.17, 15) is 0 Å². The number of hydrogen-bond acceptors (Lipinski definition) is 1. The molecule has 1 heteroatoms. The molecule has 0 aliphatic heterocycles. The molecule has 1 saturated carbocycles. The van der Waals surface area contributed by atoms with Crippen molar-refractivity contribution in [2.45, 2.75) is 45.4 Å². The van der Waals surface area contributed by atoms with E-state index in [2.05, 4.69) is 30.9 Å². The minimum Gasteiger partial charge on any atom is -0.365 e. The van der Waals surface area contributed by atoms with Crippen LogP contribution in [0.5, 0.6) is 0 Å². The van der Waals surface area contributed by atoms with Crippen LogP contribution in [0.1, 0.15) is 45.4 Å². The van der Waals surface area contributed by atoms with Gasteiger partial charge in [0.25, 0.3) is 0 Å². The Hall–Kier alpha value is -0.740. The van der Waals surface area contributed by atoms with E-state index in [1.165, 1.54) is 32.1 Å². The highest BCUT2D eigenvalue weighted by Gasteiger charge is 2.09. The highest BCUT2D eigenvalue weighted by atomic mass is 16.5. The number of hydrogen-bond donors (Lipinski definition) is 0.